The van der Waals surface area contributed by atoms with Gasteiger partial charge >= 0.3 is 0 Å². The number of carbonyl (C=O) groups excluding carboxylic acids is 1. The number of carbonyl (C=O) groups is 1. The Morgan fingerprint density at radius 3 is 2.62 bits per heavy atom. The summed E-state index contributed by atoms with van der Waals surface area (Å²) in [7, 11) is 0. The van der Waals surface area contributed by atoms with Crippen molar-refractivity contribution >= 4 is 28.3 Å². The Morgan fingerprint density at radius 1 is 0.897 bits per heavy atom. The fourth-order valence-corrected chi connectivity index (χ4v) is 3.68. The van der Waals surface area contributed by atoms with Gasteiger partial charge in [-0.05, 0) is 29.7 Å². The van der Waals surface area contributed by atoms with Crippen LogP contribution in [0.2, 0.25) is 0 Å². The molecule has 0 spiro atoms. The van der Waals surface area contributed by atoms with Crippen LogP contribution in [0.15, 0.2) is 73.2 Å². The minimum Gasteiger partial charge on any atom is -0.351 e. The number of benzene rings is 2. The molecule has 5 rings (SSSR count). The third kappa shape index (κ3) is 3.40. The molecule has 1 N–H and O–H groups in total. The fourth-order valence-electron chi connectivity index (χ4n) is 3.68. The number of fused-ring (bicyclic) bond motifs is 2. The van der Waals surface area contributed by atoms with Crippen molar-refractivity contribution in [1.29, 1.82) is 0 Å². The summed E-state index contributed by atoms with van der Waals surface area (Å²) in [6, 6.07) is 18.0. The largest absolute Gasteiger partial charge is 0.351 e. The van der Waals surface area contributed by atoms with E-state index in [1.54, 1.807) is 12.4 Å². The van der Waals surface area contributed by atoms with E-state index in [9.17, 15) is 4.79 Å². The molecule has 1 aliphatic rings. The number of anilines is 2. The van der Waals surface area contributed by atoms with E-state index in [-0.39, 0.29) is 11.6 Å². The average Bonchev–Trinajstić information content (AvgIpc) is 2.79. The molecule has 0 saturated heterocycles. The Kier molecular flexibility index (Phi) is 4.37. The summed E-state index contributed by atoms with van der Waals surface area (Å²) in [5.41, 5.74) is 4.38. The third-order valence-corrected chi connectivity index (χ3v) is 5.21. The van der Waals surface area contributed by atoms with Gasteiger partial charge in [0.15, 0.2) is 0 Å². The monoisotopic (exact) mass is 381 g/mol. The van der Waals surface area contributed by atoms with E-state index in [0.29, 0.717) is 5.69 Å². The van der Waals surface area contributed by atoms with Crippen LogP contribution >= 0.6 is 0 Å². The molecule has 6 nitrogen and oxygen atoms in total. The van der Waals surface area contributed by atoms with E-state index in [0.717, 1.165) is 36.2 Å². The molecule has 1 amide bonds. The van der Waals surface area contributed by atoms with Crippen molar-refractivity contribution in [3.8, 4) is 0 Å². The fraction of sp³-hybridized carbons (Fsp3) is 0.130. The summed E-state index contributed by atoms with van der Waals surface area (Å²) in [4.78, 5) is 28.0. The normalized spacial score (nSPS) is 13.2. The highest BCUT2D eigenvalue weighted by Gasteiger charge is 2.18. The number of nitrogens with one attached hydrogen (secondary N) is 1. The average molecular weight is 381 g/mol. The number of pyridine rings is 1. The minimum absolute atomic E-state index is 0.277. The van der Waals surface area contributed by atoms with E-state index in [4.69, 9.17) is 0 Å². The van der Waals surface area contributed by atoms with Crippen LogP contribution in [0.4, 0.5) is 11.5 Å². The van der Waals surface area contributed by atoms with Crippen LogP contribution in [0.1, 0.15) is 21.6 Å². The van der Waals surface area contributed by atoms with Crippen LogP contribution in [-0.4, -0.2) is 27.4 Å². The van der Waals surface area contributed by atoms with Gasteiger partial charge in [0.05, 0.1) is 23.6 Å². The zero-order valence-corrected chi connectivity index (χ0v) is 15.7. The first-order chi connectivity index (χ1) is 14.3. The lowest BCUT2D eigenvalue weighted by molar-refractivity contribution is 0.102. The number of para-hydroxylation sites is 1. The van der Waals surface area contributed by atoms with E-state index in [1.165, 1.54) is 17.3 Å². The molecule has 4 aromatic rings. The van der Waals surface area contributed by atoms with Crippen molar-refractivity contribution in [2.24, 2.45) is 0 Å². The minimum atomic E-state index is -0.300. The molecule has 0 unspecified atom stereocenters. The summed E-state index contributed by atoms with van der Waals surface area (Å²) in [6.45, 7) is 1.69. The molecule has 0 fully saturated rings. The van der Waals surface area contributed by atoms with Gasteiger partial charge in [0.25, 0.3) is 5.91 Å². The van der Waals surface area contributed by atoms with Gasteiger partial charge in [-0.1, -0.05) is 42.5 Å². The van der Waals surface area contributed by atoms with Crippen molar-refractivity contribution in [2.75, 3.05) is 16.8 Å². The first-order valence-corrected chi connectivity index (χ1v) is 9.57. The first kappa shape index (κ1) is 17.3. The maximum atomic E-state index is 12.7. The smallest absolute Gasteiger partial charge is 0.275 e. The summed E-state index contributed by atoms with van der Waals surface area (Å²) < 4.78 is 0. The van der Waals surface area contributed by atoms with Gasteiger partial charge in [-0.25, -0.2) is 9.97 Å². The molecule has 29 heavy (non-hydrogen) atoms. The molecule has 2 aromatic carbocycles. The number of aromatic nitrogens is 3. The van der Waals surface area contributed by atoms with Gasteiger partial charge < -0.3 is 10.2 Å². The second-order valence-corrected chi connectivity index (χ2v) is 7.03. The van der Waals surface area contributed by atoms with Crippen molar-refractivity contribution < 1.29 is 4.79 Å². The summed E-state index contributed by atoms with van der Waals surface area (Å²) >= 11 is 0. The summed E-state index contributed by atoms with van der Waals surface area (Å²) in [5, 5.41) is 3.87. The predicted molar refractivity (Wildman–Crippen MR) is 113 cm³/mol. The molecule has 142 valence electrons. The molecule has 0 saturated carbocycles. The van der Waals surface area contributed by atoms with Crippen LogP contribution in [-0.2, 0) is 13.0 Å². The molecule has 2 aromatic heterocycles. The van der Waals surface area contributed by atoms with Crippen LogP contribution < -0.4 is 10.2 Å². The summed E-state index contributed by atoms with van der Waals surface area (Å²) in [6.07, 6.45) is 5.89. The summed E-state index contributed by atoms with van der Waals surface area (Å²) in [5.74, 6) is 0.481. The molecule has 0 bridgehead atoms. The molecule has 0 aliphatic carbocycles. The van der Waals surface area contributed by atoms with Gasteiger partial charge in [-0.2, -0.15) is 0 Å². The maximum absolute atomic E-state index is 12.7. The number of amides is 1. The third-order valence-electron chi connectivity index (χ3n) is 5.21. The lowest BCUT2D eigenvalue weighted by Crippen LogP contribution is -2.31. The highest BCUT2D eigenvalue weighted by molar-refractivity contribution is 6.07. The topological polar surface area (TPSA) is 71.0 Å². The Morgan fingerprint density at radius 2 is 1.76 bits per heavy atom. The quantitative estimate of drug-likeness (QED) is 0.584. The number of rotatable bonds is 3. The van der Waals surface area contributed by atoms with Gasteiger partial charge in [0.1, 0.15) is 11.5 Å². The number of nitrogens with zero attached hydrogens (tertiary/aromatic N) is 4. The lowest BCUT2D eigenvalue weighted by atomic mass is 10.0. The first-order valence-electron chi connectivity index (χ1n) is 9.57. The second kappa shape index (κ2) is 7.31. The standard InChI is InChI=1S/C23H19N5O/c29-23(27-19-9-3-7-17-8-4-11-24-22(17)19)20-13-26-21(14-25-20)28-12-10-16-5-1-2-6-18(16)15-28/h1-9,11,13-14H,10,12,15H2,(H,27,29). The van der Waals surface area contributed by atoms with Crippen LogP contribution in [0.3, 0.4) is 0 Å². The van der Waals surface area contributed by atoms with Crippen LogP contribution in [0, 0.1) is 0 Å². The second-order valence-electron chi connectivity index (χ2n) is 7.03. The highest BCUT2D eigenvalue weighted by atomic mass is 16.1. The zero-order valence-electron chi connectivity index (χ0n) is 15.7. The Bertz CT molecular complexity index is 1180. The molecule has 3 heterocycles. The molecule has 0 radical (unpaired) electrons. The van der Waals surface area contributed by atoms with Crippen LogP contribution in [0.5, 0.6) is 0 Å². The molecular weight excluding hydrogens is 362 g/mol. The van der Waals surface area contributed by atoms with E-state index in [1.807, 2.05) is 30.3 Å². The molecule has 0 atom stereocenters. The van der Waals surface area contributed by atoms with Gasteiger partial charge in [0.2, 0.25) is 0 Å². The van der Waals surface area contributed by atoms with E-state index < -0.39 is 0 Å². The van der Waals surface area contributed by atoms with Gasteiger partial charge in [-0.3, -0.25) is 9.78 Å². The van der Waals surface area contributed by atoms with Crippen LogP contribution in [0.25, 0.3) is 10.9 Å². The lowest BCUT2D eigenvalue weighted by Gasteiger charge is -2.29. The molecular formula is C23H19N5O. The van der Waals surface area contributed by atoms with Gasteiger partial charge in [0, 0.05) is 24.7 Å². The maximum Gasteiger partial charge on any atom is 0.275 e. The zero-order chi connectivity index (χ0) is 19.6. The Labute approximate surface area is 168 Å². The highest BCUT2D eigenvalue weighted by Crippen LogP contribution is 2.23. The van der Waals surface area contributed by atoms with Crippen molar-refractivity contribution in [2.45, 2.75) is 13.0 Å². The Balaban J connectivity index is 1.33. The van der Waals surface area contributed by atoms with Crippen molar-refractivity contribution in [3.05, 3.63) is 90.0 Å². The van der Waals surface area contributed by atoms with Crippen molar-refractivity contribution in [1.82, 2.24) is 15.0 Å². The number of hydrogen-bond acceptors (Lipinski definition) is 5. The predicted octanol–water partition coefficient (Wildman–Crippen LogP) is 3.84. The molecule has 1 aliphatic heterocycles. The van der Waals surface area contributed by atoms with Crippen molar-refractivity contribution in [3.63, 3.8) is 0 Å². The van der Waals surface area contributed by atoms with Gasteiger partial charge in [-0.15, -0.1) is 0 Å². The van der Waals surface area contributed by atoms with E-state index >= 15 is 0 Å². The Hall–Kier alpha value is -3.80. The molecule has 6 heteroatoms. The van der Waals surface area contributed by atoms with E-state index in [2.05, 4.69) is 49.4 Å². The number of hydrogen-bond donors (Lipinski definition) is 1. The SMILES string of the molecule is O=C(Nc1cccc2cccnc12)c1cnc(N2CCc3ccccc3C2)cn1.